The van der Waals surface area contributed by atoms with Crippen molar-refractivity contribution in [3.8, 4) is 16.9 Å². The fourth-order valence-electron chi connectivity index (χ4n) is 5.21. The van der Waals surface area contributed by atoms with Crippen LogP contribution in [0.2, 0.25) is 0 Å². The minimum Gasteiger partial charge on any atom is -0.489 e. The summed E-state index contributed by atoms with van der Waals surface area (Å²) in [4.78, 5) is 26.9. The maximum Gasteiger partial charge on any atom is 0.416 e. The molecule has 0 fully saturated rings. The van der Waals surface area contributed by atoms with Crippen molar-refractivity contribution in [3.63, 3.8) is 0 Å². The molecule has 6 nitrogen and oxygen atoms in total. The predicted octanol–water partition coefficient (Wildman–Crippen LogP) is 8.63. The lowest BCUT2D eigenvalue weighted by molar-refractivity contribution is -0.138. The molecule has 0 amide bonds. The van der Waals surface area contributed by atoms with Crippen molar-refractivity contribution in [2.75, 3.05) is 13.1 Å². The van der Waals surface area contributed by atoms with Crippen LogP contribution in [0.5, 0.6) is 5.75 Å². The summed E-state index contributed by atoms with van der Waals surface area (Å²) < 4.78 is 44.9. The van der Waals surface area contributed by atoms with Crippen LogP contribution in [0.15, 0.2) is 72.8 Å². The molecular formula is C35H36F3NO5S. The van der Waals surface area contributed by atoms with E-state index in [9.17, 15) is 27.9 Å². The largest absolute Gasteiger partial charge is 0.489 e. The van der Waals surface area contributed by atoms with E-state index in [-0.39, 0.29) is 12.0 Å². The molecule has 2 N–H and O–H groups in total. The van der Waals surface area contributed by atoms with E-state index in [1.54, 1.807) is 23.5 Å². The molecule has 0 radical (unpaired) electrons. The number of carbonyl (C=O) groups is 2. The topological polar surface area (TPSA) is 87.1 Å². The van der Waals surface area contributed by atoms with Crippen molar-refractivity contribution >= 4 is 23.3 Å². The van der Waals surface area contributed by atoms with Crippen LogP contribution in [0, 0.1) is 13.8 Å². The number of aryl methyl sites for hydroxylation is 2. The summed E-state index contributed by atoms with van der Waals surface area (Å²) in [5.41, 5.74) is 4.36. The zero-order valence-electron chi connectivity index (χ0n) is 25.2. The predicted molar refractivity (Wildman–Crippen MR) is 169 cm³/mol. The molecule has 10 heteroatoms. The molecule has 0 aliphatic rings. The van der Waals surface area contributed by atoms with Crippen molar-refractivity contribution in [3.05, 3.63) is 110 Å². The molecule has 0 aliphatic carbocycles. The average molecular weight is 640 g/mol. The summed E-state index contributed by atoms with van der Waals surface area (Å²) in [6.45, 7) is 6.61. The zero-order valence-corrected chi connectivity index (χ0v) is 26.0. The molecule has 0 spiro atoms. The second-order valence-corrected chi connectivity index (χ2v) is 12.4. The molecule has 0 saturated carbocycles. The lowest BCUT2D eigenvalue weighted by Gasteiger charge is -2.23. The van der Waals surface area contributed by atoms with Gasteiger partial charge in [-0.3, -0.25) is 9.69 Å². The minimum atomic E-state index is -4.37. The molecule has 4 aromatic rings. The summed E-state index contributed by atoms with van der Waals surface area (Å²) in [5.74, 6) is -1.13. The molecule has 0 bridgehead atoms. The second kappa shape index (κ2) is 15.2. The fraction of sp³-hybridized carbons (Fsp3) is 0.314. The Bertz CT molecular complexity index is 1580. The minimum absolute atomic E-state index is 0.122. The van der Waals surface area contributed by atoms with Crippen molar-refractivity contribution in [2.24, 2.45) is 0 Å². The zero-order chi connectivity index (χ0) is 32.6. The molecule has 4 rings (SSSR count). The van der Waals surface area contributed by atoms with Gasteiger partial charge in [0, 0.05) is 34.8 Å². The van der Waals surface area contributed by atoms with Crippen LogP contribution < -0.4 is 4.74 Å². The number of carboxylic acids is 2. The molecular weight excluding hydrogens is 603 g/mol. The van der Waals surface area contributed by atoms with E-state index >= 15 is 0 Å². The van der Waals surface area contributed by atoms with E-state index in [1.807, 2.05) is 36.4 Å². The Labute approximate surface area is 264 Å². The molecule has 0 saturated heterocycles. The molecule has 0 aliphatic heterocycles. The number of aliphatic carboxylic acids is 1. The number of carboxylic acid groups (broad SMARTS) is 2. The lowest BCUT2D eigenvalue weighted by Crippen LogP contribution is -2.27. The lowest BCUT2D eigenvalue weighted by atomic mass is 10.0. The van der Waals surface area contributed by atoms with E-state index in [1.165, 1.54) is 27.5 Å². The molecule has 1 aromatic heterocycles. The van der Waals surface area contributed by atoms with E-state index in [0.29, 0.717) is 37.4 Å². The fourth-order valence-corrected chi connectivity index (χ4v) is 6.32. The number of nitrogens with zero attached hydrogens (tertiary/aromatic N) is 1. The van der Waals surface area contributed by atoms with Crippen LogP contribution in [0.3, 0.4) is 0 Å². The van der Waals surface area contributed by atoms with E-state index in [4.69, 9.17) is 9.84 Å². The third-order valence-electron chi connectivity index (χ3n) is 7.70. The van der Waals surface area contributed by atoms with Gasteiger partial charge in [0.15, 0.2) is 0 Å². The first-order valence-corrected chi connectivity index (χ1v) is 15.5. The van der Waals surface area contributed by atoms with Crippen molar-refractivity contribution in [2.45, 2.75) is 58.9 Å². The molecule has 3 aromatic carbocycles. The smallest absolute Gasteiger partial charge is 0.416 e. The summed E-state index contributed by atoms with van der Waals surface area (Å²) in [6, 6.07) is 19.2. The van der Waals surface area contributed by atoms with Gasteiger partial charge in [-0.2, -0.15) is 13.2 Å². The monoisotopic (exact) mass is 639 g/mol. The van der Waals surface area contributed by atoms with Gasteiger partial charge in [0.1, 0.15) is 12.4 Å². The van der Waals surface area contributed by atoms with Gasteiger partial charge in [-0.1, -0.05) is 36.4 Å². The third-order valence-corrected chi connectivity index (χ3v) is 8.81. The number of unbranched alkanes of at least 4 members (excludes halogenated alkanes) is 1. The summed E-state index contributed by atoms with van der Waals surface area (Å²) in [7, 11) is 0. The maximum atomic E-state index is 12.9. The van der Waals surface area contributed by atoms with Gasteiger partial charge in [0.25, 0.3) is 0 Å². The summed E-state index contributed by atoms with van der Waals surface area (Å²) >= 11 is 1.72. The Morgan fingerprint density at radius 3 is 1.98 bits per heavy atom. The number of halogens is 3. The van der Waals surface area contributed by atoms with Gasteiger partial charge in [-0.05, 0) is 98.3 Å². The first kappa shape index (κ1) is 33.7. The number of benzene rings is 3. The van der Waals surface area contributed by atoms with Gasteiger partial charge in [0.2, 0.25) is 0 Å². The van der Waals surface area contributed by atoms with Crippen LogP contribution in [-0.4, -0.2) is 40.1 Å². The number of hydrogen-bond acceptors (Lipinski definition) is 5. The van der Waals surface area contributed by atoms with Gasteiger partial charge in [-0.15, -0.1) is 11.3 Å². The maximum absolute atomic E-state index is 12.9. The standard InChI is InChI=1S/C35H36F3NO5S/c1-23-31(18-20-39(19-4-3-5-33(40)41)21-25-6-8-28(9-7-25)34(42)43)32(24(2)45-23)22-44-30-16-12-27(13-17-30)26-10-14-29(15-11-26)35(36,37)38/h6-17H,3-5,18-22H2,1-2H3,(H,40,41)(H,42,43). The number of hydrogen-bond donors (Lipinski definition) is 2. The van der Waals surface area contributed by atoms with Gasteiger partial charge < -0.3 is 14.9 Å². The number of aromatic carboxylic acids is 1. The first-order valence-electron chi connectivity index (χ1n) is 14.7. The van der Waals surface area contributed by atoms with Gasteiger partial charge in [0.05, 0.1) is 11.1 Å². The van der Waals surface area contributed by atoms with Crippen LogP contribution in [0.1, 0.15) is 61.6 Å². The van der Waals surface area contributed by atoms with E-state index in [0.717, 1.165) is 48.2 Å². The molecule has 0 unspecified atom stereocenters. The van der Waals surface area contributed by atoms with Crippen molar-refractivity contribution in [1.29, 1.82) is 0 Å². The highest BCUT2D eigenvalue weighted by molar-refractivity contribution is 7.12. The normalized spacial score (nSPS) is 11.6. The summed E-state index contributed by atoms with van der Waals surface area (Å²) in [6.07, 6.45) is -2.16. The van der Waals surface area contributed by atoms with Crippen molar-refractivity contribution < 1.29 is 37.7 Å². The SMILES string of the molecule is Cc1sc(C)c(COc2ccc(-c3ccc(C(F)(F)F)cc3)cc2)c1CCN(CCCCC(=O)O)Cc1ccc(C(=O)O)cc1. The van der Waals surface area contributed by atoms with E-state index < -0.39 is 23.7 Å². The Kier molecular flexibility index (Phi) is 11.4. The highest BCUT2D eigenvalue weighted by Crippen LogP contribution is 2.32. The molecule has 45 heavy (non-hydrogen) atoms. The Balaban J connectivity index is 1.41. The third kappa shape index (κ3) is 9.67. The highest BCUT2D eigenvalue weighted by Gasteiger charge is 2.30. The van der Waals surface area contributed by atoms with Crippen LogP contribution in [0.4, 0.5) is 13.2 Å². The first-order chi connectivity index (χ1) is 21.4. The second-order valence-electron chi connectivity index (χ2n) is 10.9. The highest BCUT2D eigenvalue weighted by atomic mass is 32.1. The molecule has 1 heterocycles. The average Bonchev–Trinajstić information content (AvgIpc) is 3.28. The number of ether oxygens (including phenoxy) is 1. The number of alkyl halides is 3. The Morgan fingerprint density at radius 2 is 1.40 bits per heavy atom. The molecule has 0 atom stereocenters. The number of thiophene rings is 1. The quantitative estimate of drug-likeness (QED) is 0.127. The van der Waals surface area contributed by atoms with Crippen LogP contribution in [-0.2, 0) is 30.5 Å². The summed E-state index contributed by atoms with van der Waals surface area (Å²) in [5, 5.41) is 18.2. The van der Waals surface area contributed by atoms with Crippen LogP contribution >= 0.6 is 11.3 Å². The van der Waals surface area contributed by atoms with Crippen molar-refractivity contribution in [1.82, 2.24) is 4.90 Å². The Morgan fingerprint density at radius 1 is 0.800 bits per heavy atom. The Hall–Kier alpha value is -4.15. The van der Waals surface area contributed by atoms with Crippen LogP contribution in [0.25, 0.3) is 11.1 Å². The molecule has 238 valence electrons. The van der Waals surface area contributed by atoms with Gasteiger partial charge in [-0.25, -0.2) is 4.79 Å². The van der Waals surface area contributed by atoms with E-state index in [2.05, 4.69) is 18.7 Å². The van der Waals surface area contributed by atoms with Gasteiger partial charge >= 0.3 is 18.1 Å². The number of rotatable bonds is 15.